The molecule has 0 amide bonds. The Morgan fingerprint density at radius 2 is 1.83 bits per heavy atom. The van der Waals surface area contributed by atoms with Crippen LogP contribution in [0, 0.1) is 5.82 Å². The molecule has 1 aromatic carbocycles. The average molecular weight is 331 g/mol. The van der Waals surface area contributed by atoms with E-state index in [0.29, 0.717) is 17.1 Å². The Balaban J connectivity index is 1.76. The summed E-state index contributed by atoms with van der Waals surface area (Å²) in [5, 5.41) is 4.20. The van der Waals surface area contributed by atoms with Crippen molar-refractivity contribution in [2.45, 2.75) is 11.5 Å². The number of sulfone groups is 1. The van der Waals surface area contributed by atoms with Crippen LogP contribution in [0.1, 0.15) is 11.4 Å². The van der Waals surface area contributed by atoms with E-state index < -0.39 is 9.84 Å². The SMILES string of the molecule is O=S(=O)(Cc1ccccn1)Cc1ccn(-c2cccc(F)c2)n1. The van der Waals surface area contributed by atoms with E-state index in [2.05, 4.69) is 10.1 Å². The topological polar surface area (TPSA) is 64.8 Å². The predicted octanol–water partition coefficient (Wildman–Crippen LogP) is 2.52. The first-order valence-corrected chi connectivity index (χ1v) is 8.75. The number of aromatic nitrogens is 3. The van der Waals surface area contributed by atoms with Gasteiger partial charge in [-0.2, -0.15) is 5.10 Å². The zero-order chi connectivity index (χ0) is 16.3. The second-order valence-corrected chi connectivity index (χ2v) is 7.15. The second-order valence-electron chi connectivity index (χ2n) is 5.08. The van der Waals surface area contributed by atoms with Crippen molar-refractivity contribution in [3.8, 4) is 5.69 Å². The van der Waals surface area contributed by atoms with Crippen molar-refractivity contribution >= 4 is 9.84 Å². The summed E-state index contributed by atoms with van der Waals surface area (Å²) in [5.74, 6) is -0.700. The number of halogens is 1. The molecule has 3 aromatic rings. The Morgan fingerprint density at radius 1 is 1.00 bits per heavy atom. The van der Waals surface area contributed by atoms with Gasteiger partial charge in [-0.3, -0.25) is 4.98 Å². The molecule has 0 spiro atoms. The normalized spacial score (nSPS) is 11.5. The minimum absolute atomic E-state index is 0.138. The molecule has 0 fully saturated rings. The molecular formula is C16H14FN3O2S. The van der Waals surface area contributed by atoms with Crippen molar-refractivity contribution in [3.63, 3.8) is 0 Å². The summed E-state index contributed by atoms with van der Waals surface area (Å²) >= 11 is 0. The van der Waals surface area contributed by atoms with Crippen LogP contribution in [-0.4, -0.2) is 23.2 Å². The number of nitrogens with zero attached hydrogens (tertiary/aromatic N) is 3. The lowest BCUT2D eigenvalue weighted by Gasteiger charge is -2.03. The van der Waals surface area contributed by atoms with Gasteiger partial charge in [0, 0.05) is 12.4 Å². The third kappa shape index (κ3) is 4.01. The van der Waals surface area contributed by atoms with Crippen LogP contribution in [-0.2, 0) is 21.3 Å². The van der Waals surface area contributed by atoms with Gasteiger partial charge in [-0.1, -0.05) is 12.1 Å². The zero-order valence-electron chi connectivity index (χ0n) is 12.1. The first-order valence-electron chi connectivity index (χ1n) is 6.93. The molecule has 0 unspecified atom stereocenters. The fourth-order valence-electron chi connectivity index (χ4n) is 2.19. The van der Waals surface area contributed by atoms with Crippen LogP contribution in [0.5, 0.6) is 0 Å². The lowest BCUT2D eigenvalue weighted by molar-refractivity contribution is 0.592. The molecule has 118 valence electrons. The first kappa shape index (κ1) is 15.4. The molecule has 2 heterocycles. The third-order valence-corrected chi connectivity index (χ3v) is 4.65. The monoisotopic (exact) mass is 331 g/mol. The Morgan fingerprint density at radius 3 is 2.57 bits per heavy atom. The van der Waals surface area contributed by atoms with E-state index in [1.807, 2.05) is 0 Å². The largest absolute Gasteiger partial charge is 0.260 e. The molecule has 0 aliphatic heterocycles. The van der Waals surface area contributed by atoms with Gasteiger partial charge in [0.05, 0.1) is 28.6 Å². The fourth-order valence-corrected chi connectivity index (χ4v) is 3.51. The van der Waals surface area contributed by atoms with Crippen LogP contribution in [0.4, 0.5) is 4.39 Å². The van der Waals surface area contributed by atoms with Crippen molar-refractivity contribution in [3.05, 3.63) is 78.1 Å². The molecule has 0 aliphatic rings. The summed E-state index contributed by atoms with van der Waals surface area (Å²) in [5.41, 5.74) is 1.45. The van der Waals surface area contributed by atoms with Crippen molar-refractivity contribution < 1.29 is 12.8 Å². The molecule has 7 heteroatoms. The van der Waals surface area contributed by atoms with Gasteiger partial charge >= 0.3 is 0 Å². The Hall–Kier alpha value is -2.54. The summed E-state index contributed by atoms with van der Waals surface area (Å²) in [7, 11) is -3.38. The van der Waals surface area contributed by atoms with Crippen molar-refractivity contribution in [2.75, 3.05) is 0 Å². The molecule has 0 radical (unpaired) electrons. The molecule has 0 saturated heterocycles. The maximum atomic E-state index is 13.2. The molecule has 5 nitrogen and oxygen atoms in total. The zero-order valence-corrected chi connectivity index (χ0v) is 12.9. The van der Waals surface area contributed by atoms with E-state index in [-0.39, 0.29) is 17.3 Å². The molecule has 2 aromatic heterocycles. The molecule has 0 bridgehead atoms. The molecule has 0 saturated carbocycles. The maximum absolute atomic E-state index is 13.2. The van der Waals surface area contributed by atoms with Crippen LogP contribution in [0.25, 0.3) is 5.69 Å². The highest BCUT2D eigenvalue weighted by molar-refractivity contribution is 7.89. The van der Waals surface area contributed by atoms with Gasteiger partial charge in [0.2, 0.25) is 0 Å². The summed E-state index contributed by atoms with van der Waals surface area (Å²) in [6.07, 6.45) is 3.17. The second kappa shape index (κ2) is 6.29. The number of rotatable bonds is 5. The van der Waals surface area contributed by atoms with Gasteiger partial charge in [-0.15, -0.1) is 0 Å². The summed E-state index contributed by atoms with van der Waals surface area (Å²) in [6.45, 7) is 0. The third-order valence-electron chi connectivity index (χ3n) is 3.18. The van der Waals surface area contributed by atoms with E-state index >= 15 is 0 Å². The minimum atomic E-state index is -3.38. The Labute approximate surface area is 133 Å². The number of hydrogen-bond donors (Lipinski definition) is 0. The number of pyridine rings is 1. The van der Waals surface area contributed by atoms with Crippen LogP contribution < -0.4 is 0 Å². The number of benzene rings is 1. The molecule has 23 heavy (non-hydrogen) atoms. The fraction of sp³-hybridized carbons (Fsp3) is 0.125. The highest BCUT2D eigenvalue weighted by atomic mass is 32.2. The van der Waals surface area contributed by atoms with E-state index in [1.54, 1.807) is 48.8 Å². The van der Waals surface area contributed by atoms with E-state index in [0.717, 1.165) is 0 Å². The van der Waals surface area contributed by atoms with Gasteiger partial charge in [0.25, 0.3) is 0 Å². The van der Waals surface area contributed by atoms with Crippen LogP contribution in [0.15, 0.2) is 60.9 Å². The molecule has 0 atom stereocenters. The van der Waals surface area contributed by atoms with Gasteiger partial charge in [0.15, 0.2) is 9.84 Å². The lowest BCUT2D eigenvalue weighted by atomic mass is 10.3. The first-order chi connectivity index (χ1) is 11.0. The van der Waals surface area contributed by atoms with Gasteiger partial charge in [-0.05, 0) is 36.4 Å². The van der Waals surface area contributed by atoms with Crippen LogP contribution in [0.2, 0.25) is 0 Å². The molecule has 0 N–H and O–H groups in total. The van der Waals surface area contributed by atoms with E-state index in [4.69, 9.17) is 0 Å². The van der Waals surface area contributed by atoms with Crippen LogP contribution >= 0.6 is 0 Å². The lowest BCUT2D eigenvalue weighted by Crippen LogP contribution is -2.09. The highest BCUT2D eigenvalue weighted by Crippen LogP contribution is 2.13. The quantitative estimate of drug-likeness (QED) is 0.720. The summed E-state index contributed by atoms with van der Waals surface area (Å²) < 4.78 is 39.1. The molecule has 0 aliphatic carbocycles. The Kier molecular flexibility index (Phi) is 4.20. The summed E-state index contributed by atoms with van der Waals surface area (Å²) in [4.78, 5) is 4.02. The average Bonchev–Trinajstić information content (AvgIpc) is 2.95. The molecular weight excluding hydrogens is 317 g/mol. The smallest absolute Gasteiger partial charge is 0.161 e. The maximum Gasteiger partial charge on any atom is 0.161 e. The summed E-state index contributed by atoms with van der Waals surface area (Å²) in [6, 6.07) is 12.7. The van der Waals surface area contributed by atoms with Crippen molar-refractivity contribution in [1.29, 1.82) is 0 Å². The number of hydrogen-bond acceptors (Lipinski definition) is 4. The van der Waals surface area contributed by atoms with Gasteiger partial charge < -0.3 is 0 Å². The van der Waals surface area contributed by atoms with Gasteiger partial charge in [-0.25, -0.2) is 17.5 Å². The van der Waals surface area contributed by atoms with Crippen LogP contribution in [0.3, 0.4) is 0 Å². The van der Waals surface area contributed by atoms with Gasteiger partial charge in [0.1, 0.15) is 5.82 Å². The minimum Gasteiger partial charge on any atom is -0.260 e. The Bertz CT molecular complexity index is 908. The standard InChI is InChI=1S/C16H14FN3O2S/c17-13-4-3-6-16(10-13)20-9-7-15(19-20)12-23(21,22)11-14-5-1-2-8-18-14/h1-10H,11-12H2. The predicted molar refractivity (Wildman–Crippen MR) is 84.1 cm³/mol. The van der Waals surface area contributed by atoms with Crippen molar-refractivity contribution in [1.82, 2.24) is 14.8 Å². The van der Waals surface area contributed by atoms with E-state index in [9.17, 15) is 12.8 Å². The highest BCUT2D eigenvalue weighted by Gasteiger charge is 2.16. The van der Waals surface area contributed by atoms with Crippen molar-refractivity contribution in [2.24, 2.45) is 0 Å². The molecule has 3 rings (SSSR count). The van der Waals surface area contributed by atoms with E-state index in [1.165, 1.54) is 16.8 Å².